The first-order valence-corrected chi connectivity index (χ1v) is 10.3. The van der Waals surface area contributed by atoms with Gasteiger partial charge in [-0.05, 0) is 30.2 Å². The highest BCUT2D eigenvalue weighted by Gasteiger charge is 2.23. The number of para-hydroxylation sites is 1. The molecule has 0 fully saturated rings. The van der Waals surface area contributed by atoms with Crippen molar-refractivity contribution in [1.29, 1.82) is 0 Å². The molecule has 1 N–H and O–H groups in total. The fourth-order valence-corrected chi connectivity index (χ4v) is 3.43. The lowest BCUT2D eigenvalue weighted by Crippen LogP contribution is -2.46. The van der Waals surface area contributed by atoms with E-state index in [2.05, 4.69) is 10.4 Å². The summed E-state index contributed by atoms with van der Waals surface area (Å²) in [6, 6.07) is 23.2. The molecule has 0 saturated carbocycles. The molecule has 4 aromatic rings. The molecule has 0 saturated heterocycles. The average molecular weight is 444 g/mol. The predicted octanol–water partition coefficient (Wildman–Crippen LogP) is 3.07. The Kier molecular flexibility index (Phi) is 6.26. The summed E-state index contributed by atoms with van der Waals surface area (Å²) in [4.78, 5) is 39.3. The Labute approximate surface area is 188 Å². The van der Waals surface area contributed by atoms with Gasteiger partial charge in [-0.1, -0.05) is 72.8 Å². The van der Waals surface area contributed by atoms with Gasteiger partial charge in [0.15, 0.2) is 0 Å². The van der Waals surface area contributed by atoms with Gasteiger partial charge in [-0.2, -0.15) is 9.78 Å². The summed E-state index contributed by atoms with van der Waals surface area (Å²) in [6.45, 7) is 1.67. The van der Waals surface area contributed by atoms with Crippen molar-refractivity contribution in [3.63, 3.8) is 0 Å². The van der Waals surface area contributed by atoms with Crippen molar-refractivity contribution in [3.05, 3.63) is 128 Å². The number of hydrogen-bond acceptors (Lipinski definition) is 4. The van der Waals surface area contributed by atoms with Gasteiger partial charge >= 0.3 is 5.69 Å². The van der Waals surface area contributed by atoms with Crippen molar-refractivity contribution in [2.45, 2.75) is 19.5 Å². The number of carbonyl (C=O) groups is 1. The van der Waals surface area contributed by atoms with Crippen LogP contribution in [0.25, 0.3) is 5.69 Å². The molecule has 7 nitrogen and oxygen atoms in total. The number of hydrogen-bond donors (Lipinski definition) is 1. The van der Waals surface area contributed by atoms with E-state index in [4.69, 9.17) is 0 Å². The Morgan fingerprint density at radius 1 is 0.939 bits per heavy atom. The lowest BCUT2D eigenvalue weighted by atomic mass is 10.1. The smallest absolute Gasteiger partial charge is 0.344 e. The van der Waals surface area contributed by atoms with E-state index in [-0.39, 0.29) is 12.2 Å². The van der Waals surface area contributed by atoms with Crippen LogP contribution in [0.2, 0.25) is 0 Å². The predicted molar refractivity (Wildman–Crippen MR) is 122 cm³/mol. The maximum absolute atomic E-state index is 14.5. The molecule has 1 amide bonds. The van der Waals surface area contributed by atoms with E-state index >= 15 is 0 Å². The van der Waals surface area contributed by atoms with E-state index in [0.717, 1.165) is 14.8 Å². The third-order valence-electron chi connectivity index (χ3n) is 5.19. The summed E-state index contributed by atoms with van der Waals surface area (Å²) < 4.78 is 16.1. The normalized spacial score (nSPS) is 11.7. The summed E-state index contributed by atoms with van der Waals surface area (Å²) >= 11 is 0. The van der Waals surface area contributed by atoms with E-state index < -0.39 is 34.7 Å². The molecule has 1 atom stereocenters. The summed E-state index contributed by atoms with van der Waals surface area (Å²) in [6.07, 6.45) is 0. The Balaban J connectivity index is 1.82. The molecule has 0 spiro atoms. The number of nitrogens with one attached hydrogen (secondary N) is 1. The van der Waals surface area contributed by atoms with Crippen molar-refractivity contribution in [1.82, 2.24) is 19.7 Å². The van der Waals surface area contributed by atoms with Gasteiger partial charge in [0.05, 0.1) is 12.6 Å². The average Bonchev–Trinajstić information content (AvgIpc) is 2.83. The number of nitrogens with zero attached hydrogens (tertiary/aromatic N) is 3. The van der Waals surface area contributed by atoms with Gasteiger partial charge in [0.25, 0.3) is 11.5 Å². The second-order valence-corrected chi connectivity index (χ2v) is 7.48. The van der Waals surface area contributed by atoms with Crippen LogP contribution in [-0.2, 0) is 6.54 Å². The number of aromatic nitrogens is 3. The van der Waals surface area contributed by atoms with E-state index in [1.165, 1.54) is 24.3 Å². The quantitative estimate of drug-likeness (QED) is 0.495. The van der Waals surface area contributed by atoms with Crippen LogP contribution >= 0.6 is 0 Å². The van der Waals surface area contributed by atoms with E-state index in [0.29, 0.717) is 5.56 Å². The second-order valence-electron chi connectivity index (χ2n) is 7.48. The third-order valence-corrected chi connectivity index (χ3v) is 5.19. The molecule has 8 heteroatoms. The lowest BCUT2D eigenvalue weighted by molar-refractivity contribution is 0.0930. The van der Waals surface area contributed by atoms with Gasteiger partial charge in [-0.15, -0.1) is 0 Å². The van der Waals surface area contributed by atoms with Crippen LogP contribution in [0.1, 0.15) is 34.6 Å². The zero-order chi connectivity index (χ0) is 23.4. The zero-order valence-corrected chi connectivity index (χ0v) is 17.8. The molecule has 1 aromatic heterocycles. The van der Waals surface area contributed by atoms with Crippen molar-refractivity contribution in [2.24, 2.45) is 0 Å². The highest BCUT2D eigenvalue weighted by Crippen LogP contribution is 2.12. The number of halogens is 1. The highest BCUT2D eigenvalue weighted by molar-refractivity contribution is 5.92. The molecule has 1 heterocycles. The number of rotatable bonds is 6. The third kappa shape index (κ3) is 4.64. The van der Waals surface area contributed by atoms with Gasteiger partial charge in [-0.25, -0.2) is 9.18 Å². The highest BCUT2D eigenvalue weighted by atomic mass is 19.1. The van der Waals surface area contributed by atoms with Crippen LogP contribution in [0.4, 0.5) is 4.39 Å². The molecule has 0 aliphatic carbocycles. The molecule has 0 aliphatic heterocycles. The van der Waals surface area contributed by atoms with Crippen LogP contribution < -0.4 is 16.6 Å². The molecule has 0 bridgehead atoms. The largest absolute Gasteiger partial charge is 0.352 e. The minimum Gasteiger partial charge on any atom is -0.344 e. The fraction of sp³-hybridized carbons (Fsp3) is 0.120. The van der Waals surface area contributed by atoms with Gasteiger partial charge in [0.2, 0.25) is 5.69 Å². The zero-order valence-electron chi connectivity index (χ0n) is 17.8. The van der Waals surface area contributed by atoms with Crippen LogP contribution in [0.3, 0.4) is 0 Å². The van der Waals surface area contributed by atoms with Gasteiger partial charge in [0, 0.05) is 0 Å². The Morgan fingerprint density at radius 3 is 2.21 bits per heavy atom. The first-order valence-electron chi connectivity index (χ1n) is 10.3. The molecular weight excluding hydrogens is 423 g/mol. The minimum atomic E-state index is -0.853. The SMILES string of the molecule is CC(NC(=O)c1nn(-c2ccccc2F)c(=O)n(Cc2ccccc2)c1=O)c1ccccc1. The molecular formula is C25H21FN4O3. The van der Waals surface area contributed by atoms with E-state index in [1.54, 1.807) is 37.3 Å². The standard InChI is InChI=1S/C25H21FN4O3/c1-17(19-12-6-3-7-13-19)27-23(31)22-24(32)29(16-18-10-4-2-5-11-18)25(33)30(28-22)21-15-9-8-14-20(21)26/h2-15,17H,16H2,1H3,(H,27,31). The van der Waals surface area contributed by atoms with E-state index in [1.807, 2.05) is 30.3 Å². The maximum Gasteiger partial charge on any atom is 0.352 e. The first kappa shape index (κ1) is 21.9. The van der Waals surface area contributed by atoms with Gasteiger partial charge in [-0.3, -0.25) is 14.2 Å². The van der Waals surface area contributed by atoms with Crippen molar-refractivity contribution >= 4 is 5.91 Å². The molecule has 1 unspecified atom stereocenters. The fourth-order valence-electron chi connectivity index (χ4n) is 3.43. The second kappa shape index (κ2) is 9.44. The molecule has 33 heavy (non-hydrogen) atoms. The Hall–Kier alpha value is -4.33. The lowest BCUT2D eigenvalue weighted by Gasteiger charge is -2.16. The van der Waals surface area contributed by atoms with E-state index in [9.17, 15) is 18.8 Å². The Morgan fingerprint density at radius 2 is 1.55 bits per heavy atom. The maximum atomic E-state index is 14.5. The molecule has 3 aromatic carbocycles. The minimum absolute atomic E-state index is 0.0933. The van der Waals surface area contributed by atoms with Gasteiger partial charge < -0.3 is 5.32 Å². The first-order chi connectivity index (χ1) is 16.0. The summed E-state index contributed by atoms with van der Waals surface area (Å²) in [5.41, 5.74) is -0.855. The number of amides is 1. The van der Waals surface area contributed by atoms with Crippen LogP contribution in [-0.4, -0.2) is 20.3 Å². The van der Waals surface area contributed by atoms with Crippen molar-refractivity contribution in [2.75, 3.05) is 0 Å². The summed E-state index contributed by atoms with van der Waals surface area (Å²) in [5.74, 6) is -1.47. The Bertz CT molecular complexity index is 1400. The number of carbonyl (C=O) groups excluding carboxylic acids is 1. The molecule has 4 rings (SSSR count). The van der Waals surface area contributed by atoms with Crippen LogP contribution in [0.5, 0.6) is 0 Å². The van der Waals surface area contributed by atoms with Gasteiger partial charge in [0.1, 0.15) is 11.5 Å². The van der Waals surface area contributed by atoms with Crippen LogP contribution in [0.15, 0.2) is 94.5 Å². The molecule has 0 aliphatic rings. The monoisotopic (exact) mass is 444 g/mol. The molecule has 0 radical (unpaired) electrons. The molecule has 166 valence electrons. The summed E-state index contributed by atoms with van der Waals surface area (Å²) in [5, 5.41) is 6.70. The van der Waals surface area contributed by atoms with Crippen molar-refractivity contribution in [3.8, 4) is 5.69 Å². The topological polar surface area (TPSA) is 86.0 Å². The number of benzene rings is 3. The summed E-state index contributed by atoms with van der Waals surface area (Å²) in [7, 11) is 0. The van der Waals surface area contributed by atoms with Crippen LogP contribution in [0, 0.1) is 5.82 Å². The van der Waals surface area contributed by atoms with Crippen molar-refractivity contribution < 1.29 is 9.18 Å².